The molecule has 0 aliphatic carbocycles. The second-order valence-corrected chi connectivity index (χ2v) is 4.94. The summed E-state index contributed by atoms with van der Waals surface area (Å²) < 4.78 is 0. The number of rotatable bonds is 4. The number of carbonyl (C=O) groups excluding carboxylic acids is 1. The van der Waals surface area contributed by atoms with E-state index in [0.717, 1.165) is 17.1 Å². The fourth-order valence-corrected chi connectivity index (χ4v) is 2.30. The lowest BCUT2D eigenvalue weighted by molar-refractivity contribution is 0.0756. The van der Waals surface area contributed by atoms with E-state index in [2.05, 4.69) is 17.1 Å². The summed E-state index contributed by atoms with van der Waals surface area (Å²) in [5.74, 6) is 0.989. The maximum Gasteiger partial charge on any atom is 0.257 e. The summed E-state index contributed by atoms with van der Waals surface area (Å²) in [4.78, 5) is 14.0. The summed E-state index contributed by atoms with van der Waals surface area (Å²) in [6.07, 6.45) is 2.04. The first-order valence-electron chi connectivity index (χ1n) is 5.26. The number of aryl methyl sites for hydroxylation is 2. The Morgan fingerprint density at radius 3 is 2.62 bits per heavy atom. The first-order chi connectivity index (χ1) is 7.49. The molecule has 1 unspecified atom stereocenters. The van der Waals surface area contributed by atoms with E-state index in [9.17, 15) is 4.79 Å². The Bertz CT molecular complexity index is 356. The summed E-state index contributed by atoms with van der Waals surface area (Å²) >= 11 is 1.74. The summed E-state index contributed by atoms with van der Waals surface area (Å²) in [7, 11) is 1.84. The molecule has 0 bridgehead atoms. The molecule has 0 radical (unpaired) electrons. The monoisotopic (exact) mass is 241 g/mol. The summed E-state index contributed by atoms with van der Waals surface area (Å²) in [5, 5.41) is 6.89. The number of nitrogens with one attached hydrogen (secondary N) is 1. The molecule has 0 saturated heterocycles. The molecule has 0 saturated carbocycles. The molecule has 4 nitrogen and oxygen atoms in total. The number of aromatic amines is 1. The lowest BCUT2D eigenvalue weighted by Gasteiger charge is -2.24. The van der Waals surface area contributed by atoms with Gasteiger partial charge in [0, 0.05) is 24.5 Å². The number of nitrogens with zero attached hydrogens (tertiary/aromatic N) is 2. The van der Waals surface area contributed by atoms with Crippen molar-refractivity contribution in [3.63, 3.8) is 0 Å². The normalized spacial score (nSPS) is 12.6. The molecule has 1 rings (SSSR count). The Labute approximate surface area is 101 Å². The van der Waals surface area contributed by atoms with Gasteiger partial charge in [0.1, 0.15) is 0 Å². The van der Waals surface area contributed by atoms with E-state index < -0.39 is 0 Å². The molecule has 0 spiro atoms. The Morgan fingerprint density at radius 1 is 1.56 bits per heavy atom. The minimum Gasteiger partial charge on any atom is -0.338 e. The second-order valence-electron chi connectivity index (χ2n) is 4.03. The lowest BCUT2D eigenvalue weighted by atomic mass is 10.1. The Morgan fingerprint density at radius 2 is 2.19 bits per heavy atom. The van der Waals surface area contributed by atoms with Crippen LogP contribution in [0.5, 0.6) is 0 Å². The van der Waals surface area contributed by atoms with Gasteiger partial charge in [-0.2, -0.15) is 16.9 Å². The van der Waals surface area contributed by atoms with Gasteiger partial charge < -0.3 is 4.90 Å². The highest BCUT2D eigenvalue weighted by Gasteiger charge is 2.22. The average Bonchev–Trinajstić information content (AvgIpc) is 2.57. The van der Waals surface area contributed by atoms with Gasteiger partial charge in [0.25, 0.3) is 5.91 Å². The van der Waals surface area contributed by atoms with Gasteiger partial charge in [-0.3, -0.25) is 9.89 Å². The molecule has 1 aromatic heterocycles. The van der Waals surface area contributed by atoms with Gasteiger partial charge in [0.05, 0.1) is 11.3 Å². The Balaban J connectivity index is 2.86. The SMILES string of the molecule is CSCC(C)N(C)C(=O)c1c(C)n[nH]c1C. The molecule has 1 N–H and O–H groups in total. The third-order valence-corrected chi connectivity index (χ3v) is 3.55. The largest absolute Gasteiger partial charge is 0.338 e. The number of hydrogen-bond acceptors (Lipinski definition) is 3. The zero-order chi connectivity index (χ0) is 12.3. The van der Waals surface area contributed by atoms with Gasteiger partial charge in [-0.25, -0.2) is 0 Å². The van der Waals surface area contributed by atoms with Crippen molar-refractivity contribution in [2.75, 3.05) is 19.1 Å². The Hall–Kier alpha value is -0.970. The maximum atomic E-state index is 12.2. The molecule has 1 heterocycles. The molecule has 0 fully saturated rings. The van der Waals surface area contributed by atoms with Crippen LogP contribution in [0.15, 0.2) is 0 Å². The van der Waals surface area contributed by atoms with Gasteiger partial charge in [-0.1, -0.05) is 0 Å². The number of carbonyl (C=O) groups is 1. The average molecular weight is 241 g/mol. The first kappa shape index (κ1) is 13.1. The second kappa shape index (κ2) is 5.39. The van der Waals surface area contributed by atoms with E-state index in [0.29, 0.717) is 5.56 Å². The van der Waals surface area contributed by atoms with Crippen LogP contribution < -0.4 is 0 Å². The van der Waals surface area contributed by atoms with Crippen LogP contribution in [-0.4, -0.2) is 46.1 Å². The molecule has 16 heavy (non-hydrogen) atoms. The zero-order valence-electron chi connectivity index (χ0n) is 10.5. The van der Waals surface area contributed by atoms with Crippen LogP contribution >= 0.6 is 11.8 Å². The van der Waals surface area contributed by atoms with Gasteiger partial charge >= 0.3 is 0 Å². The molecule has 0 aliphatic rings. The highest BCUT2D eigenvalue weighted by molar-refractivity contribution is 7.98. The summed E-state index contributed by atoms with van der Waals surface area (Å²) in [5.41, 5.74) is 2.31. The predicted octanol–water partition coefficient (Wildman–Crippen LogP) is 1.85. The maximum absolute atomic E-state index is 12.2. The molecular weight excluding hydrogens is 222 g/mol. The van der Waals surface area contributed by atoms with E-state index in [1.54, 1.807) is 16.7 Å². The van der Waals surface area contributed by atoms with Gasteiger partial charge in [-0.05, 0) is 27.0 Å². The molecule has 5 heteroatoms. The van der Waals surface area contributed by atoms with Crippen LogP contribution in [-0.2, 0) is 0 Å². The fourth-order valence-electron chi connectivity index (χ4n) is 1.60. The molecule has 1 amide bonds. The van der Waals surface area contributed by atoms with Crippen molar-refractivity contribution in [1.82, 2.24) is 15.1 Å². The van der Waals surface area contributed by atoms with Crippen molar-refractivity contribution < 1.29 is 4.79 Å². The van der Waals surface area contributed by atoms with Crippen LogP contribution in [0.25, 0.3) is 0 Å². The van der Waals surface area contributed by atoms with E-state index in [1.165, 1.54) is 0 Å². The van der Waals surface area contributed by atoms with Crippen LogP contribution in [0.4, 0.5) is 0 Å². The summed E-state index contributed by atoms with van der Waals surface area (Å²) in [6.45, 7) is 5.78. The third-order valence-electron chi connectivity index (χ3n) is 2.73. The zero-order valence-corrected chi connectivity index (χ0v) is 11.3. The first-order valence-corrected chi connectivity index (χ1v) is 6.66. The van der Waals surface area contributed by atoms with E-state index in [4.69, 9.17) is 0 Å². The lowest BCUT2D eigenvalue weighted by Crippen LogP contribution is -2.37. The molecule has 90 valence electrons. The highest BCUT2D eigenvalue weighted by Crippen LogP contribution is 2.14. The van der Waals surface area contributed by atoms with E-state index >= 15 is 0 Å². The van der Waals surface area contributed by atoms with Crippen LogP contribution in [0.1, 0.15) is 28.7 Å². The summed E-state index contributed by atoms with van der Waals surface area (Å²) in [6, 6.07) is 0.233. The number of hydrogen-bond donors (Lipinski definition) is 1. The minimum absolute atomic E-state index is 0.0466. The van der Waals surface area contributed by atoms with Crippen LogP contribution in [0, 0.1) is 13.8 Å². The molecule has 1 atom stereocenters. The molecular formula is C11H19N3OS. The van der Waals surface area contributed by atoms with E-state index in [-0.39, 0.29) is 11.9 Å². The van der Waals surface area contributed by atoms with Crippen molar-refractivity contribution in [2.45, 2.75) is 26.8 Å². The molecule has 0 aliphatic heterocycles. The Kier molecular flexibility index (Phi) is 4.41. The van der Waals surface area contributed by atoms with E-state index in [1.807, 2.05) is 27.2 Å². The van der Waals surface area contributed by atoms with Gasteiger partial charge in [0.15, 0.2) is 0 Å². The highest BCUT2D eigenvalue weighted by atomic mass is 32.2. The number of aromatic nitrogens is 2. The predicted molar refractivity (Wildman–Crippen MR) is 68.0 cm³/mol. The van der Waals surface area contributed by atoms with Crippen LogP contribution in [0.3, 0.4) is 0 Å². The number of H-pyrrole nitrogens is 1. The smallest absolute Gasteiger partial charge is 0.257 e. The molecule has 0 aromatic carbocycles. The molecule has 1 aromatic rings. The third kappa shape index (κ3) is 2.58. The van der Waals surface area contributed by atoms with Crippen molar-refractivity contribution in [2.24, 2.45) is 0 Å². The van der Waals surface area contributed by atoms with Crippen molar-refractivity contribution in [3.8, 4) is 0 Å². The van der Waals surface area contributed by atoms with Crippen molar-refractivity contribution in [3.05, 3.63) is 17.0 Å². The van der Waals surface area contributed by atoms with Crippen molar-refractivity contribution >= 4 is 17.7 Å². The quantitative estimate of drug-likeness (QED) is 0.875. The number of thioether (sulfide) groups is 1. The van der Waals surface area contributed by atoms with Crippen LogP contribution in [0.2, 0.25) is 0 Å². The minimum atomic E-state index is 0.0466. The van der Waals surface area contributed by atoms with Crippen molar-refractivity contribution in [1.29, 1.82) is 0 Å². The standard InChI is InChI=1S/C11H19N3OS/c1-7(6-16-5)14(4)11(15)10-8(2)12-13-9(10)3/h7H,6H2,1-5H3,(H,12,13). The topological polar surface area (TPSA) is 49.0 Å². The van der Waals surface area contributed by atoms with Gasteiger partial charge in [-0.15, -0.1) is 0 Å². The van der Waals surface area contributed by atoms with Gasteiger partial charge in [0.2, 0.25) is 0 Å². The number of amides is 1. The fraction of sp³-hybridized carbons (Fsp3) is 0.636.